The molecule has 0 radical (unpaired) electrons. The summed E-state index contributed by atoms with van der Waals surface area (Å²) in [6.45, 7) is 4.40. The molecule has 0 spiro atoms. The number of rotatable bonds is 7. The van der Waals surface area contributed by atoms with Gasteiger partial charge in [0.25, 0.3) is 0 Å². The average molecular weight is 440 g/mol. The predicted octanol–water partition coefficient (Wildman–Crippen LogP) is 5.36. The maximum absolute atomic E-state index is 6.12. The highest BCUT2D eigenvalue weighted by atomic mass is 79.9. The van der Waals surface area contributed by atoms with Gasteiger partial charge in [-0.25, -0.2) is 0 Å². The number of ether oxygens (including phenoxy) is 3. The van der Waals surface area contributed by atoms with Crippen LogP contribution in [0.15, 0.2) is 65.1 Å². The van der Waals surface area contributed by atoms with Crippen LogP contribution in [0, 0.1) is 6.92 Å². The van der Waals surface area contributed by atoms with Crippen molar-refractivity contribution >= 4 is 15.9 Å². The van der Waals surface area contributed by atoms with Crippen molar-refractivity contribution in [2.24, 2.45) is 0 Å². The summed E-state index contributed by atoms with van der Waals surface area (Å²) in [5.41, 5.74) is 4.71. The topological polar surface area (TPSA) is 39.7 Å². The highest BCUT2D eigenvalue weighted by molar-refractivity contribution is 9.10. The number of nitrogens with one attached hydrogen (secondary N) is 1. The molecule has 1 aliphatic heterocycles. The van der Waals surface area contributed by atoms with Gasteiger partial charge in [-0.1, -0.05) is 46.3 Å². The molecule has 1 aliphatic rings. The van der Waals surface area contributed by atoms with Gasteiger partial charge in [-0.15, -0.1) is 0 Å². The minimum absolute atomic E-state index is 0.297. The van der Waals surface area contributed by atoms with E-state index in [0.29, 0.717) is 19.9 Å². The van der Waals surface area contributed by atoms with Crippen molar-refractivity contribution < 1.29 is 14.2 Å². The molecule has 144 valence electrons. The predicted molar refractivity (Wildman–Crippen MR) is 113 cm³/mol. The van der Waals surface area contributed by atoms with Crippen LogP contribution >= 0.6 is 15.9 Å². The van der Waals surface area contributed by atoms with Crippen molar-refractivity contribution in [3.05, 3.63) is 87.4 Å². The van der Waals surface area contributed by atoms with Crippen molar-refractivity contribution in [2.75, 3.05) is 6.79 Å². The lowest BCUT2D eigenvalue weighted by Gasteiger charge is -2.14. The van der Waals surface area contributed by atoms with E-state index in [1.807, 2.05) is 36.4 Å². The third-order valence-electron chi connectivity index (χ3n) is 4.75. The van der Waals surface area contributed by atoms with Gasteiger partial charge in [-0.05, 0) is 53.9 Å². The Labute approximate surface area is 173 Å². The summed E-state index contributed by atoms with van der Waals surface area (Å²) in [4.78, 5) is 0. The molecular formula is C23H22BrNO3. The Morgan fingerprint density at radius 1 is 0.929 bits per heavy atom. The summed E-state index contributed by atoms with van der Waals surface area (Å²) in [5.74, 6) is 2.51. The first-order valence-electron chi connectivity index (χ1n) is 9.24. The fourth-order valence-electron chi connectivity index (χ4n) is 3.15. The average Bonchev–Trinajstić information content (AvgIpc) is 3.16. The molecule has 28 heavy (non-hydrogen) atoms. The third-order valence-corrected chi connectivity index (χ3v) is 5.24. The van der Waals surface area contributed by atoms with Crippen LogP contribution in [0.3, 0.4) is 0 Å². The molecule has 3 aromatic rings. The Bertz CT molecular complexity index is 974. The van der Waals surface area contributed by atoms with Crippen LogP contribution in [0.5, 0.6) is 17.2 Å². The molecule has 0 aliphatic carbocycles. The quantitative estimate of drug-likeness (QED) is 0.538. The molecule has 0 aromatic heterocycles. The van der Waals surface area contributed by atoms with Crippen LogP contribution in [0.4, 0.5) is 0 Å². The normalized spacial score (nSPS) is 12.2. The summed E-state index contributed by atoms with van der Waals surface area (Å²) in [6.07, 6.45) is 0. The molecule has 3 aromatic carbocycles. The molecule has 4 rings (SSSR count). The van der Waals surface area contributed by atoms with Crippen LogP contribution in [0.2, 0.25) is 0 Å². The monoisotopic (exact) mass is 439 g/mol. The van der Waals surface area contributed by atoms with Crippen molar-refractivity contribution in [1.29, 1.82) is 0 Å². The maximum atomic E-state index is 6.12. The van der Waals surface area contributed by atoms with Gasteiger partial charge < -0.3 is 19.5 Å². The van der Waals surface area contributed by atoms with Crippen molar-refractivity contribution in [3.8, 4) is 17.2 Å². The second-order valence-corrected chi connectivity index (χ2v) is 7.67. The zero-order chi connectivity index (χ0) is 19.3. The molecule has 1 N–H and O–H groups in total. The number of benzene rings is 3. The number of hydrogen-bond acceptors (Lipinski definition) is 4. The Morgan fingerprint density at radius 3 is 2.68 bits per heavy atom. The van der Waals surface area contributed by atoms with Crippen LogP contribution in [-0.4, -0.2) is 6.79 Å². The number of aryl methyl sites for hydroxylation is 1. The second kappa shape index (κ2) is 8.67. The Balaban J connectivity index is 1.39. The maximum Gasteiger partial charge on any atom is 0.231 e. The summed E-state index contributed by atoms with van der Waals surface area (Å²) < 4.78 is 18.0. The zero-order valence-electron chi connectivity index (χ0n) is 15.7. The van der Waals surface area contributed by atoms with Crippen LogP contribution in [0.1, 0.15) is 22.3 Å². The highest BCUT2D eigenvalue weighted by Crippen LogP contribution is 2.32. The fraction of sp³-hybridized carbons (Fsp3) is 0.217. The molecule has 0 saturated carbocycles. The van der Waals surface area contributed by atoms with E-state index in [9.17, 15) is 0 Å². The molecule has 4 nitrogen and oxygen atoms in total. The van der Waals surface area contributed by atoms with Gasteiger partial charge in [-0.3, -0.25) is 0 Å². The largest absolute Gasteiger partial charge is 0.489 e. The molecule has 0 fully saturated rings. The van der Waals surface area contributed by atoms with E-state index in [1.54, 1.807) is 0 Å². The second-order valence-electron chi connectivity index (χ2n) is 6.76. The summed E-state index contributed by atoms with van der Waals surface area (Å²) in [7, 11) is 0. The van der Waals surface area contributed by atoms with E-state index in [0.717, 1.165) is 39.4 Å². The van der Waals surface area contributed by atoms with E-state index >= 15 is 0 Å². The molecule has 0 saturated heterocycles. The molecule has 0 atom stereocenters. The number of hydrogen-bond donors (Lipinski definition) is 1. The van der Waals surface area contributed by atoms with Gasteiger partial charge in [0, 0.05) is 23.1 Å². The van der Waals surface area contributed by atoms with Crippen LogP contribution < -0.4 is 19.5 Å². The SMILES string of the molecule is Cc1ccccc1COc1ccc(Br)cc1CNCc1ccc2c(c1)OCO2. The third kappa shape index (κ3) is 4.49. The lowest BCUT2D eigenvalue weighted by Crippen LogP contribution is -2.13. The summed E-state index contributed by atoms with van der Waals surface area (Å²) in [5, 5.41) is 3.49. The van der Waals surface area contributed by atoms with Gasteiger partial charge in [0.1, 0.15) is 12.4 Å². The van der Waals surface area contributed by atoms with Crippen molar-refractivity contribution in [3.63, 3.8) is 0 Å². The Kier molecular flexibility index (Phi) is 5.84. The van der Waals surface area contributed by atoms with Crippen molar-refractivity contribution in [1.82, 2.24) is 5.32 Å². The van der Waals surface area contributed by atoms with E-state index in [-0.39, 0.29) is 0 Å². The first-order valence-corrected chi connectivity index (χ1v) is 10.0. The molecule has 0 bridgehead atoms. The molecule has 1 heterocycles. The lowest BCUT2D eigenvalue weighted by atomic mass is 10.1. The van der Waals surface area contributed by atoms with E-state index in [2.05, 4.69) is 52.4 Å². The van der Waals surface area contributed by atoms with Crippen LogP contribution in [0.25, 0.3) is 0 Å². The van der Waals surface area contributed by atoms with E-state index < -0.39 is 0 Å². The van der Waals surface area contributed by atoms with Gasteiger partial charge in [0.15, 0.2) is 11.5 Å². The van der Waals surface area contributed by atoms with Gasteiger partial charge >= 0.3 is 0 Å². The van der Waals surface area contributed by atoms with Gasteiger partial charge in [0.2, 0.25) is 6.79 Å². The van der Waals surface area contributed by atoms with Gasteiger partial charge in [0.05, 0.1) is 0 Å². The molecule has 5 heteroatoms. The molecule has 0 amide bonds. The summed E-state index contributed by atoms with van der Waals surface area (Å²) in [6, 6.07) is 20.4. The summed E-state index contributed by atoms with van der Waals surface area (Å²) >= 11 is 3.56. The standard InChI is InChI=1S/C23H22BrNO3/c1-16-4-2-3-5-18(16)14-26-21-9-7-20(24)11-19(21)13-25-12-17-6-8-22-23(10-17)28-15-27-22/h2-11,25H,12-15H2,1H3. The van der Waals surface area contributed by atoms with Crippen molar-refractivity contribution in [2.45, 2.75) is 26.6 Å². The molecule has 0 unspecified atom stereocenters. The Morgan fingerprint density at radius 2 is 1.79 bits per heavy atom. The van der Waals surface area contributed by atoms with Gasteiger partial charge in [-0.2, -0.15) is 0 Å². The lowest BCUT2D eigenvalue weighted by molar-refractivity contribution is 0.174. The first kappa shape index (κ1) is 18.8. The minimum atomic E-state index is 0.297. The molecular weight excluding hydrogens is 418 g/mol. The first-order chi connectivity index (χ1) is 13.7. The van der Waals surface area contributed by atoms with E-state index in [4.69, 9.17) is 14.2 Å². The fourth-order valence-corrected chi connectivity index (χ4v) is 3.56. The highest BCUT2D eigenvalue weighted by Gasteiger charge is 2.13. The number of fused-ring (bicyclic) bond motifs is 1. The zero-order valence-corrected chi connectivity index (χ0v) is 17.3. The van der Waals surface area contributed by atoms with E-state index in [1.165, 1.54) is 11.1 Å². The minimum Gasteiger partial charge on any atom is -0.489 e. The number of halogens is 1. The Hall–Kier alpha value is -2.50. The van der Waals surface area contributed by atoms with Crippen LogP contribution in [-0.2, 0) is 19.7 Å². The smallest absolute Gasteiger partial charge is 0.231 e.